The van der Waals surface area contributed by atoms with Crippen molar-refractivity contribution < 1.29 is 19.5 Å². The zero-order chi connectivity index (χ0) is 14.7. The summed E-state index contributed by atoms with van der Waals surface area (Å²) < 4.78 is 0. The van der Waals surface area contributed by atoms with E-state index in [2.05, 4.69) is 5.32 Å². The molecule has 6 nitrogen and oxygen atoms in total. The molecule has 20 heavy (non-hydrogen) atoms. The third kappa shape index (κ3) is 3.34. The number of benzene rings is 1. The molecule has 1 aromatic rings. The van der Waals surface area contributed by atoms with Crippen molar-refractivity contribution in [1.29, 1.82) is 0 Å². The fourth-order valence-electron chi connectivity index (χ4n) is 2.23. The van der Waals surface area contributed by atoms with Crippen molar-refractivity contribution >= 4 is 23.5 Å². The molecule has 2 N–H and O–H groups in total. The molecule has 0 bridgehead atoms. The minimum atomic E-state index is -0.838. The molecular weight excluding hydrogens is 260 g/mol. The average Bonchev–Trinajstić information content (AvgIpc) is 2.31. The Labute approximate surface area is 116 Å². The molecule has 0 unspecified atom stereocenters. The van der Waals surface area contributed by atoms with Crippen LogP contribution in [0.2, 0.25) is 0 Å². The van der Waals surface area contributed by atoms with Crippen LogP contribution in [0.3, 0.4) is 0 Å². The highest BCUT2D eigenvalue weighted by atomic mass is 16.4. The van der Waals surface area contributed by atoms with E-state index in [1.54, 1.807) is 29.2 Å². The maximum absolute atomic E-state index is 12.2. The number of carboxylic acids is 1. The molecule has 0 atom stereocenters. The Bertz CT molecular complexity index is 550. The van der Waals surface area contributed by atoms with Crippen LogP contribution in [0.5, 0.6) is 0 Å². The van der Waals surface area contributed by atoms with Gasteiger partial charge < -0.3 is 15.3 Å². The van der Waals surface area contributed by atoms with Gasteiger partial charge in [0.15, 0.2) is 0 Å². The first kappa shape index (κ1) is 14.0. The Hall–Kier alpha value is -2.37. The summed E-state index contributed by atoms with van der Waals surface area (Å²) in [6, 6.07) is 6.71. The molecule has 0 aliphatic carbocycles. The van der Waals surface area contributed by atoms with Crippen molar-refractivity contribution in [2.45, 2.75) is 13.3 Å². The second-order valence-electron chi connectivity index (χ2n) is 4.94. The maximum Gasteiger partial charge on any atom is 0.303 e. The van der Waals surface area contributed by atoms with Gasteiger partial charge in [0.25, 0.3) is 5.91 Å². The predicted molar refractivity (Wildman–Crippen MR) is 72.4 cm³/mol. The molecule has 2 amide bonds. The third-order valence-electron chi connectivity index (χ3n) is 3.14. The molecule has 6 heteroatoms. The molecule has 1 aliphatic rings. The smallest absolute Gasteiger partial charge is 0.303 e. The van der Waals surface area contributed by atoms with Crippen molar-refractivity contribution in [2.24, 2.45) is 5.92 Å². The van der Waals surface area contributed by atoms with Gasteiger partial charge in [-0.2, -0.15) is 0 Å². The molecule has 1 aliphatic heterocycles. The van der Waals surface area contributed by atoms with Gasteiger partial charge >= 0.3 is 5.97 Å². The highest BCUT2D eigenvalue weighted by molar-refractivity contribution is 5.97. The lowest BCUT2D eigenvalue weighted by Crippen LogP contribution is -2.50. The molecule has 1 aromatic carbocycles. The highest BCUT2D eigenvalue weighted by Gasteiger charge is 2.32. The van der Waals surface area contributed by atoms with E-state index in [1.807, 2.05) is 0 Å². The maximum atomic E-state index is 12.2. The van der Waals surface area contributed by atoms with Crippen LogP contribution in [0.1, 0.15) is 23.7 Å². The zero-order valence-corrected chi connectivity index (χ0v) is 11.1. The fraction of sp³-hybridized carbons (Fsp3) is 0.357. The number of nitrogens with zero attached hydrogens (tertiary/aromatic N) is 1. The van der Waals surface area contributed by atoms with Crippen molar-refractivity contribution in [3.05, 3.63) is 29.8 Å². The Balaban J connectivity index is 1.97. The molecule has 1 fully saturated rings. The zero-order valence-electron chi connectivity index (χ0n) is 11.1. The quantitative estimate of drug-likeness (QED) is 0.865. The van der Waals surface area contributed by atoms with Gasteiger partial charge in [0.05, 0.1) is 6.42 Å². The topological polar surface area (TPSA) is 86.7 Å². The molecule has 106 valence electrons. The number of rotatable bonds is 4. The van der Waals surface area contributed by atoms with Crippen LogP contribution in [-0.4, -0.2) is 40.9 Å². The predicted octanol–water partition coefficient (Wildman–Crippen LogP) is 1.19. The van der Waals surface area contributed by atoms with E-state index in [0.29, 0.717) is 24.3 Å². The molecule has 1 saturated heterocycles. The molecule has 1 heterocycles. The number of carbonyl (C=O) groups is 3. The molecular formula is C14H16N2O4. The largest absolute Gasteiger partial charge is 0.481 e. The second-order valence-corrected chi connectivity index (χ2v) is 4.94. The van der Waals surface area contributed by atoms with Gasteiger partial charge in [-0.15, -0.1) is 0 Å². The first-order valence-corrected chi connectivity index (χ1v) is 6.34. The highest BCUT2D eigenvalue weighted by Crippen LogP contribution is 2.22. The first-order chi connectivity index (χ1) is 9.45. The summed E-state index contributed by atoms with van der Waals surface area (Å²) in [4.78, 5) is 35.3. The van der Waals surface area contributed by atoms with E-state index in [0.717, 1.165) is 0 Å². The van der Waals surface area contributed by atoms with Gasteiger partial charge in [-0.1, -0.05) is 6.07 Å². The Kier molecular flexibility index (Phi) is 4.02. The van der Waals surface area contributed by atoms with Gasteiger partial charge in [-0.3, -0.25) is 14.4 Å². The normalized spacial score (nSPS) is 14.6. The van der Waals surface area contributed by atoms with E-state index in [9.17, 15) is 14.4 Å². The third-order valence-corrected chi connectivity index (χ3v) is 3.14. The number of nitrogens with one attached hydrogen (secondary N) is 1. The van der Waals surface area contributed by atoms with E-state index in [4.69, 9.17) is 5.11 Å². The molecule has 0 aromatic heterocycles. The van der Waals surface area contributed by atoms with Crippen LogP contribution >= 0.6 is 0 Å². The number of hydrogen-bond donors (Lipinski definition) is 2. The lowest BCUT2D eigenvalue weighted by Gasteiger charge is -2.38. The number of carbonyl (C=O) groups excluding carboxylic acids is 2. The van der Waals surface area contributed by atoms with Crippen molar-refractivity contribution in [3.63, 3.8) is 0 Å². The van der Waals surface area contributed by atoms with Crippen LogP contribution in [0.15, 0.2) is 24.3 Å². The summed E-state index contributed by atoms with van der Waals surface area (Å²) in [6.07, 6.45) is 0.0930. The minimum absolute atomic E-state index is 0.0370. The van der Waals surface area contributed by atoms with Gasteiger partial charge in [0, 0.05) is 37.2 Å². The SMILES string of the molecule is CC(=O)Nc1cccc(C(=O)N2CC(CC(=O)O)C2)c1. The van der Waals surface area contributed by atoms with Crippen LogP contribution in [0.4, 0.5) is 5.69 Å². The standard InChI is InChI=1S/C14H16N2O4/c1-9(17)15-12-4-2-3-11(6-12)14(20)16-7-10(8-16)5-13(18)19/h2-4,6,10H,5,7-8H2,1H3,(H,15,17)(H,18,19). The summed E-state index contributed by atoms with van der Waals surface area (Å²) in [5.74, 6) is -1.14. The van der Waals surface area contributed by atoms with E-state index in [-0.39, 0.29) is 24.2 Å². The van der Waals surface area contributed by atoms with Crippen LogP contribution in [0, 0.1) is 5.92 Å². The van der Waals surface area contributed by atoms with Gasteiger partial charge in [-0.25, -0.2) is 0 Å². The summed E-state index contributed by atoms with van der Waals surface area (Å²) in [7, 11) is 0. The first-order valence-electron chi connectivity index (χ1n) is 6.34. The summed E-state index contributed by atoms with van der Waals surface area (Å²) in [6.45, 7) is 2.34. The molecule has 0 spiro atoms. The number of carboxylic acid groups (broad SMARTS) is 1. The summed E-state index contributed by atoms with van der Waals surface area (Å²) >= 11 is 0. The Morgan fingerprint density at radius 1 is 1.35 bits per heavy atom. The lowest BCUT2D eigenvalue weighted by molar-refractivity contribution is -0.139. The number of aliphatic carboxylic acids is 1. The fourth-order valence-corrected chi connectivity index (χ4v) is 2.23. The van der Waals surface area contributed by atoms with Gasteiger partial charge in [0.1, 0.15) is 0 Å². The van der Waals surface area contributed by atoms with E-state index in [1.165, 1.54) is 6.92 Å². The summed E-state index contributed by atoms with van der Waals surface area (Å²) in [5.41, 5.74) is 1.07. The monoisotopic (exact) mass is 276 g/mol. The van der Waals surface area contributed by atoms with Crippen molar-refractivity contribution in [3.8, 4) is 0 Å². The number of likely N-dealkylation sites (tertiary alicyclic amines) is 1. The number of hydrogen-bond acceptors (Lipinski definition) is 3. The number of anilines is 1. The molecule has 0 radical (unpaired) electrons. The van der Waals surface area contributed by atoms with Crippen molar-refractivity contribution in [2.75, 3.05) is 18.4 Å². The molecule has 0 saturated carbocycles. The lowest BCUT2D eigenvalue weighted by atomic mass is 9.95. The number of amides is 2. The summed E-state index contributed by atoms with van der Waals surface area (Å²) in [5, 5.41) is 11.3. The second kappa shape index (κ2) is 5.73. The van der Waals surface area contributed by atoms with Crippen LogP contribution in [-0.2, 0) is 9.59 Å². The van der Waals surface area contributed by atoms with Crippen LogP contribution in [0.25, 0.3) is 0 Å². The van der Waals surface area contributed by atoms with Gasteiger partial charge in [0.2, 0.25) is 5.91 Å². The van der Waals surface area contributed by atoms with Gasteiger partial charge in [-0.05, 0) is 18.2 Å². The molecule has 2 rings (SSSR count). The van der Waals surface area contributed by atoms with Crippen molar-refractivity contribution in [1.82, 2.24) is 4.90 Å². The van der Waals surface area contributed by atoms with Crippen LogP contribution < -0.4 is 5.32 Å². The van der Waals surface area contributed by atoms with E-state index >= 15 is 0 Å². The Morgan fingerprint density at radius 2 is 2.05 bits per heavy atom. The average molecular weight is 276 g/mol. The Morgan fingerprint density at radius 3 is 2.65 bits per heavy atom. The van der Waals surface area contributed by atoms with E-state index < -0.39 is 5.97 Å². The minimum Gasteiger partial charge on any atom is -0.481 e.